The van der Waals surface area contributed by atoms with Gasteiger partial charge in [-0.25, -0.2) is 4.39 Å². The number of nitrogens with zero attached hydrogens (tertiary/aromatic N) is 2. The monoisotopic (exact) mass is 406 g/mol. The largest absolute Gasteiger partial charge is 0.484 e. The van der Waals surface area contributed by atoms with Gasteiger partial charge in [-0.2, -0.15) is 5.26 Å². The van der Waals surface area contributed by atoms with Gasteiger partial charge in [0.15, 0.2) is 6.61 Å². The number of nitriles is 1. The Morgan fingerprint density at radius 2 is 1.80 bits per heavy atom. The molecule has 1 heterocycles. The van der Waals surface area contributed by atoms with Gasteiger partial charge >= 0.3 is 0 Å². The van der Waals surface area contributed by atoms with Gasteiger partial charge in [0.25, 0.3) is 11.8 Å². The lowest BCUT2D eigenvalue weighted by Crippen LogP contribution is -2.44. The third kappa shape index (κ3) is 4.47. The fraction of sp³-hybridized carbons (Fsp3) is 0.136. The zero-order valence-corrected chi connectivity index (χ0v) is 16.4. The fourth-order valence-electron chi connectivity index (χ4n) is 3.00. The van der Waals surface area contributed by atoms with Crippen LogP contribution in [0.5, 0.6) is 5.75 Å². The predicted octanol–water partition coefficient (Wildman–Crippen LogP) is 2.94. The third-order valence-corrected chi connectivity index (χ3v) is 4.44. The normalized spacial score (nSPS) is 10.2. The smallest absolute Gasteiger partial charge is 0.276 e. The summed E-state index contributed by atoms with van der Waals surface area (Å²) in [6, 6.07) is 16.2. The number of hydrogen-bond donors (Lipinski definition) is 2. The molecule has 0 fully saturated rings. The fourth-order valence-corrected chi connectivity index (χ4v) is 3.00. The number of hydrazine groups is 1. The lowest BCUT2D eigenvalue weighted by Gasteiger charge is -2.11. The summed E-state index contributed by atoms with van der Waals surface area (Å²) in [4.78, 5) is 24.4. The molecular formula is C22H19FN4O3. The van der Waals surface area contributed by atoms with E-state index in [2.05, 4.69) is 10.9 Å². The van der Waals surface area contributed by atoms with Crippen LogP contribution >= 0.6 is 0 Å². The van der Waals surface area contributed by atoms with Gasteiger partial charge in [-0.3, -0.25) is 20.4 Å². The second-order valence-electron chi connectivity index (χ2n) is 6.50. The molecule has 2 aromatic carbocycles. The average molecular weight is 406 g/mol. The van der Waals surface area contributed by atoms with E-state index in [9.17, 15) is 14.0 Å². The van der Waals surface area contributed by atoms with Gasteiger partial charge in [0.05, 0.1) is 22.9 Å². The van der Waals surface area contributed by atoms with Gasteiger partial charge in [-0.15, -0.1) is 0 Å². The Kier molecular flexibility index (Phi) is 6.13. The van der Waals surface area contributed by atoms with Crippen molar-refractivity contribution in [3.8, 4) is 17.5 Å². The summed E-state index contributed by atoms with van der Waals surface area (Å²) in [7, 11) is 0. The van der Waals surface area contributed by atoms with E-state index in [1.807, 2.05) is 6.07 Å². The number of hydrogen-bond acceptors (Lipinski definition) is 4. The zero-order chi connectivity index (χ0) is 21.7. The van der Waals surface area contributed by atoms with Gasteiger partial charge in [0.1, 0.15) is 11.6 Å². The van der Waals surface area contributed by atoms with Crippen LogP contribution in [0.4, 0.5) is 4.39 Å². The minimum atomic E-state index is -0.560. The Hall–Kier alpha value is -4.12. The molecule has 0 saturated carbocycles. The summed E-state index contributed by atoms with van der Waals surface area (Å²) in [5.74, 6) is -1.07. The van der Waals surface area contributed by atoms with Gasteiger partial charge in [0, 0.05) is 11.4 Å². The first-order chi connectivity index (χ1) is 14.4. The van der Waals surface area contributed by atoms with Crippen molar-refractivity contribution in [2.75, 3.05) is 6.61 Å². The summed E-state index contributed by atoms with van der Waals surface area (Å²) in [6.07, 6.45) is 0. The van der Waals surface area contributed by atoms with Gasteiger partial charge < -0.3 is 9.30 Å². The molecule has 0 spiro atoms. The summed E-state index contributed by atoms with van der Waals surface area (Å²) in [5.41, 5.74) is 6.96. The topological polar surface area (TPSA) is 96.2 Å². The highest BCUT2D eigenvalue weighted by atomic mass is 19.1. The summed E-state index contributed by atoms with van der Waals surface area (Å²) >= 11 is 0. The molecule has 2 amide bonds. The lowest BCUT2D eigenvalue weighted by molar-refractivity contribution is -0.123. The Labute approximate surface area is 172 Å². The molecule has 0 aliphatic carbocycles. The Balaban J connectivity index is 1.61. The minimum Gasteiger partial charge on any atom is -0.484 e. The number of ether oxygens (including phenoxy) is 1. The van der Waals surface area contributed by atoms with Crippen LogP contribution in [0, 0.1) is 31.0 Å². The van der Waals surface area contributed by atoms with E-state index in [0.29, 0.717) is 34.0 Å². The van der Waals surface area contributed by atoms with Gasteiger partial charge in [-0.05, 0) is 56.3 Å². The maximum atomic E-state index is 14.2. The maximum absolute atomic E-state index is 14.2. The number of nitrogens with one attached hydrogen (secondary N) is 2. The van der Waals surface area contributed by atoms with Crippen LogP contribution in [0.15, 0.2) is 54.6 Å². The van der Waals surface area contributed by atoms with Crippen molar-refractivity contribution in [3.05, 3.63) is 82.9 Å². The molecule has 0 aliphatic heterocycles. The SMILES string of the molecule is Cc1cc(C(=O)NNC(=O)COc2ccc(C#N)cc2)c(C)n1-c1ccccc1F. The molecule has 0 atom stereocenters. The van der Waals surface area contributed by atoms with Crippen LogP contribution in [-0.4, -0.2) is 23.0 Å². The predicted molar refractivity (Wildman–Crippen MR) is 107 cm³/mol. The molecule has 3 aromatic rings. The quantitative estimate of drug-likeness (QED) is 0.637. The van der Waals surface area contributed by atoms with Crippen molar-refractivity contribution < 1.29 is 18.7 Å². The highest BCUT2D eigenvalue weighted by molar-refractivity contribution is 5.97. The number of amides is 2. The molecule has 0 radical (unpaired) electrons. The molecule has 0 bridgehead atoms. The third-order valence-electron chi connectivity index (χ3n) is 4.44. The highest BCUT2D eigenvalue weighted by Gasteiger charge is 2.18. The lowest BCUT2D eigenvalue weighted by atomic mass is 10.2. The van der Waals surface area contributed by atoms with Gasteiger partial charge in [0.2, 0.25) is 0 Å². The zero-order valence-electron chi connectivity index (χ0n) is 16.4. The van der Waals surface area contributed by atoms with Crippen LogP contribution in [0.25, 0.3) is 5.69 Å². The minimum absolute atomic E-state index is 0.309. The Morgan fingerprint density at radius 3 is 2.47 bits per heavy atom. The standard InChI is InChI=1S/C22H19FN4O3/c1-14-11-18(15(2)27(14)20-6-4-3-5-19(20)23)22(29)26-25-21(28)13-30-17-9-7-16(12-24)8-10-17/h3-11H,13H2,1-2H3,(H,25,28)(H,26,29). The van der Waals surface area contributed by atoms with E-state index in [1.54, 1.807) is 66.9 Å². The van der Waals surface area contributed by atoms with E-state index in [1.165, 1.54) is 6.07 Å². The molecule has 30 heavy (non-hydrogen) atoms. The van der Waals surface area contributed by atoms with Crippen LogP contribution in [-0.2, 0) is 4.79 Å². The van der Waals surface area contributed by atoms with Crippen molar-refractivity contribution in [3.63, 3.8) is 0 Å². The van der Waals surface area contributed by atoms with Crippen molar-refractivity contribution in [2.45, 2.75) is 13.8 Å². The first-order valence-corrected chi connectivity index (χ1v) is 9.06. The average Bonchev–Trinajstić information content (AvgIpc) is 3.05. The van der Waals surface area contributed by atoms with E-state index in [-0.39, 0.29) is 6.61 Å². The molecule has 0 aliphatic rings. The Morgan fingerprint density at radius 1 is 1.10 bits per heavy atom. The van der Waals surface area contributed by atoms with Crippen molar-refractivity contribution in [1.82, 2.24) is 15.4 Å². The second-order valence-corrected chi connectivity index (χ2v) is 6.50. The summed E-state index contributed by atoms with van der Waals surface area (Å²) in [6.45, 7) is 3.14. The van der Waals surface area contributed by atoms with Crippen LogP contribution in [0.1, 0.15) is 27.3 Å². The molecule has 7 nitrogen and oxygen atoms in total. The molecule has 1 aromatic heterocycles. The molecule has 2 N–H and O–H groups in total. The first kappa shape index (κ1) is 20.6. The van der Waals surface area contributed by atoms with Crippen molar-refractivity contribution >= 4 is 11.8 Å². The van der Waals surface area contributed by atoms with Crippen molar-refractivity contribution in [1.29, 1.82) is 5.26 Å². The molecule has 152 valence electrons. The molecule has 3 rings (SSSR count). The van der Waals surface area contributed by atoms with E-state index in [0.717, 1.165) is 0 Å². The molecule has 0 unspecified atom stereocenters. The number of benzene rings is 2. The first-order valence-electron chi connectivity index (χ1n) is 9.06. The number of carbonyl (C=O) groups excluding carboxylic acids is 2. The number of halogens is 1. The second kappa shape index (κ2) is 8.92. The van der Waals surface area contributed by atoms with E-state index < -0.39 is 17.6 Å². The van der Waals surface area contributed by atoms with Crippen LogP contribution in [0.2, 0.25) is 0 Å². The van der Waals surface area contributed by atoms with Crippen LogP contribution < -0.4 is 15.6 Å². The number of aryl methyl sites for hydroxylation is 1. The number of para-hydroxylation sites is 1. The molecule has 0 saturated heterocycles. The number of rotatable bonds is 5. The van der Waals surface area contributed by atoms with Gasteiger partial charge in [-0.1, -0.05) is 12.1 Å². The molecular weight excluding hydrogens is 387 g/mol. The highest BCUT2D eigenvalue weighted by Crippen LogP contribution is 2.22. The van der Waals surface area contributed by atoms with E-state index in [4.69, 9.17) is 10.00 Å². The Bertz CT molecular complexity index is 1130. The number of carbonyl (C=O) groups is 2. The summed E-state index contributed by atoms with van der Waals surface area (Å²) < 4.78 is 21.1. The van der Waals surface area contributed by atoms with E-state index >= 15 is 0 Å². The summed E-state index contributed by atoms with van der Waals surface area (Å²) in [5, 5.41) is 8.76. The number of aromatic nitrogens is 1. The maximum Gasteiger partial charge on any atom is 0.276 e. The van der Waals surface area contributed by atoms with Crippen molar-refractivity contribution in [2.24, 2.45) is 0 Å². The molecule has 8 heteroatoms. The van der Waals surface area contributed by atoms with Crippen LogP contribution in [0.3, 0.4) is 0 Å².